The van der Waals surface area contributed by atoms with Crippen molar-refractivity contribution in [3.63, 3.8) is 0 Å². The quantitative estimate of drug-likeness (QED) is 0.328. The molecule has 0 aliphatic carbocycles. The Morgan fingerprint density at radius 2 is 1.78 bits per heavy atom. The van der Waals surface area contributed by atoms with Crippen molar-refractivity contribution < 1.29 is 14.2 Å². The van der Waals surface area contributed by atoms with Gasteiger partial charge in [-0.3, -0.25) is 9.69 Å². The molecule has 0 bridgehead atoms. The molecule has 2 aliphatic rings. The molecule has 1 saturated heterocycles. The summed E-state index contributed by atoms with van der Waals surface area (Å²) < 4.78 is 16.8. The standard InChI is InChI=1S/C28H34N4O4S/c33-27-23(17-22-18-25-26(19-24(22)30-27)36-16-15-35-25)20-32(10-7-21-5-2-1-3-6-21)28(37)29-8-4-9-31-11-13-34-14-12-31/h1-3,5-6,17-19H,4,7-16,20H2,(H,29,37)(H,30,33). The van der Waals surface area contributed by atoms with Crippen molar-refractivity contribution in [1.82, 2.24) is 20.1 Å². The van der Waals surface area contributed by atoms with E-state index in [0.717, 1.165) is 63.1 Å². The number of benzene rings is 2. The molecule has 2 N–H and O–H groups in total. The van der Waals surface area contributed by atoms with Crippen molar-refractivity contribution in [1.29, 1.82) is 0 Å². The van der Waals surface area contributed by atoms with Gasteiger partial charge in [0.1, 0.15) is 13.2 Å². The van der Waals surface area contributed by atoms with Crippen LogP contribution in [-0.2, 0) is 17.7 Å². The number of H-pyrrole nitrogens is 1. The number of thiocarbonyl (C=S) groups is 1. The fourth-order valence-electron chi connectivity index (χ4n) is 4.71. The fourth-order valence-corrected chi connectivity index (χ4v) is 4.96. The predicted molar refractivity (Wildman–Crippen MR) is 149 cm³/mol. The topological polar surface area (TPSA) is 79.1 Å². The molecule has 0 radical (unpaired) electrons. The maximum absolute atomic E-state index is 13.0. The van der Waals surface area contributed by atoms with Gasteiger partial charge >= 0.3 is 0 Å². The van der Waals surface area contributed by atoms with Crippen molar-refractivity contribution in [2.24, 2.45) is 0 Å². The van der Waals surface area contributed by atoms with Crippen LogP contribution in [0.5, 0.6) is 11.5 Å². The van der Waals surface area contributed by atoms with E-state index in [1.807, 2.05) is 36.4 Å². The van der Waals surface area contributed by atoms with E-state index in [0.29, 0.717) is 48.5 Å². The molecule has 8 nitrogen and oxygen atoms in total. The Balaban J connectivity index is 1.28. The molecule has 3 heterocycles. The van der Waals surface area contributed by atoms with Gasteiger partial charge in [0.2, 0.25) is 0 Å². The third-order valence-electron chi connectivity index (χ3n) is 6.78. The van der Waals surface area contributed by atoms with Gasteiger partial charge in [-0.1, -0.05) is 30.3 Å². The van der Waals surface area contributed by atoms with Gasteiger partial charge in [-0.25, -0.2) is 0 Å². The maximum atomic E-state index is 13.0. The fraction of sp³-hybridized carbons (Fsp3) is 0.429. The third-order valence-corrected chi connectivity index (χ3v) is 7.18. The lowest BCUT2D eigenvalue weighted by atomic mass is 10.1. The van der Waals surface area contributed by atoms with Crippen LogP contribution in [0.25, 0.3) is 10.9 Å². The first-order valence-electron chi connectivity index (χ1n) is 13.0. The second-order valence-electron chi connectivity index (χ2n) is 9.40. The van der Waals surface area contributed by atoms with E-state index in [1.54, 1.807) is 0 Å². The van der Waals surface area contributed by atoms with Crippen LogP contribution in [0.4, 0.5) is 0 Å². The molecule has 0 amide bonds. The summed E-state index contributed by atoms with van der Waals surface area (Å²) in [6.45, 7) is 7.54. The normalized spacial score (nSPS) is 15.5. The number of hydrogen-bond acceptors (Lipinski definition) is 6. The highest BCUT2D eigenvalue weighted by Gasteiger charge is 2.17. The molecule has 2 aliphatic heterocycles. The highest BCUT2D eigenvalue weighted by atomic mass is 32.1. The molecule has 5 rings (SSSR count). The van der Waals surface area contributed by atoms with Gasteiger partial charge in [-0.2, -0.15) is 0 Å². The van der Waals surface area contributed by atoms with Gasteiger partial charge in [0.25, 0.3) is 5.56 Å². The minimum Gasteiger partial charge on any atom is -0.486 e. The summed E-state index contributed by atoms with van der Waals surface area (Å²) >= 11 is 5.81. The van der Waals surface area contributed by atoms with Gasteiger partial charge < -0.3 is 29.4 Å². The van der Waals surface area contributed by atoms with E-state index in [-0.39, 0.29) is 5.56 Å². The van der Waals surface area contributed by atoms with Crippen molar-refractivity contribution in [2.75, 3.05) is 59.2 Å². The summed E-state index contributed by atoms with van der Waals surface area (Å²) in [5.74, 6) is 1.37. The molecule has 0 spiro atoms. The Labute approximate surface area is 222 Å². The Hall–Kier alpha value is -3.14. The molecule has 37 heavy (non-hydrogen) atoms. The number of aromatic amines is 1. The average Bonchev–Trinajstić information content (AvgIpc) is 2.93. The minimum absolute atomic E-state index is 0.121. The zero-order chi connectivity index (χ0) is 25.5. The van der Waals surface area contributed by atoms with E-state index >= 15 is 0 Å². The Morgan fingerprint density at radius 3 is 2.57 bits per heavy atom. The third kappa shape index (κ3) is 6.80. The van der Waals surface area contributed by atoms with E-state index < -0.39 is 0 Å². The molecular formula is C28H34N4O4S. The molecule has 2 aromatic carbocycles. The smallest absolute Gasteiger partial charge is 0.253 e. The number of ether oxygens (including phenoxy) is 3. The molecule has 3 aromatic rings. The number of rotatable bonds is 9. The summed E-state index contributed by atoms with van der Waals surface area (Å²) in [4.78, 5) is 20.6. The van der Waals surface area contributed by atoms with Crippen LogP contribution in [0.3, 0.4) is 0 Å². The van der Waals surface area contributed by atoms with Crippen LogP contribution in [0.1, 0.15) is 17.5 Å². The lowest BCUT2D eigenvalue weighted by Crippen LogP contribution is -2.43. The number of aromatic nitrogens is 1. The first-order valence-corrected chi connectivity index (χ1v) is 13.4. The summed E-state index contributed by atoms with van der Waals surface area (Å²) in [6, 6.07) is 16.0. The van der Waals surface area contributed by atoms with E-state index in [4.69, 9.17) is 26.4 Å². The van der Waals surface area contributed by atoms with Crippen molar-refractivity contribution in [2.45, 2.75) is 19.4 Å². The van der Waals surface area contributed by atoms with Gasteiger partial charge in [0.05, 0.1) is 25.3 Å². The van der Waals surface area contributed by atoms with E-state index in [9.17, 15) is 4.79 Å². The molecule has 1 fully saturated rings. The molecule has 9 heteroatoms. The number of nitrogens with zero attached hydrogens (tertiary/aromatic N) is 2. The molecule has 0 saturated carbocycles. The Morgan fingerprint density at radius 1 is 1.03 bits per heavy atom. The molecule has 196 valence electrons. The van der Waals surface area contributed by atoms with Crippen LogP contribution >= 0.6 is 12.2 Å². The zero-order valence-corrected chi connectivity index (χ0v) is 21.9. The van der Waals surface area contributed by atoms with Crippen LogP contribution in [0, 0.1) is 0 Å². The first kappa shape index (κ1) is 25.5. The van der Waals surface area contributed by atoms with Crippen LogP contribution in [-0.4, -0.2) is 79.0 Å². The summed E-state index contributed by atoms with van der Waals surface area (Å²) in [5.41, 5.74) is 2.51. The van der Waals surface area contributed by atoms with Gasteiger partial charge in [0.15, 0.2) is 16.6 Å². The Kier molecular flexibility index (Phi) is 8.55. The van der Waals surface area contributed by atoms with Gasteiger partial charge in [-0.05, 0) is 49.3 Å². The number of morpholine rings is 1. The lowest BCUT2D eigenvalue weighted by Gasteiger charge is -2.28. The summed E-state index contributed by atoms with van der Waals surface area (Å²) in [5, 5.41) is 5.00. The first-order chi connectivity index (χ1) is 18.2. The molecular weight excluding hydrogens is 488 g/mol. The second kappa shape index (κ2) is 12.4. The number of nitrogens with one attached hydrogen (secondary N) is 2. The van der Waals surface area contributed by atoms with E-state index in [2.05, 4.69) is 32.2 Å². The van der Waals surface area contributed by atoms with E-state index in [1.165, 1.54) is 5.56 Å². The lowest BCUT2D eigenvalue weighted by molar-refractivity contribution is 0.0376. The maximum Gasteiger partial charge on any atom is 0.253 e. The molecule has 0 unspecified atom stereocenters. The SMILES string of the molecule is O=c1[nH]c2cc3c(cc2cc1CN(CCc1ccccc1)C(=S)NCCCN1CCOCC1)OCCO3. The summed E-state index contributed by atoms with van der Waals surface area (Å²) in [7, 11) is 0. The Bertz CT molecular complexity index is 1260. The van der Waals surface area contributed by atoms with Crippen LogP contribution < -0.4 is 20.3 Å². The number of hydrogen-bond donors (Lipinski definition) is 2. The molecule has 1 aromatic heterocycles. The molecule has 0 atom stereocenters. The average molecular weight is 523 g/mol. The van der Waals surface area contributed by atoms with Crippen molar-refractivity contribution >= 4 is 28.2 Å². The number of pyridine rings is 1. The van der Waals surface area contributed by atoms with Crippen LogP contribution in [0.15, 0.2) is 53.3 Å². The van der Waals surface area contributed by atoms with Crippen LogP contribution in [0.2, 0.25) is 0 Å². The largest absolute Gasteiger partial charge is 0.486 e. The monoisotopic (exact) mass is 522 g/mol. The minimum atomic E-state index is -0.121. The number of fused-ring (bicyclic) bond motifs is 2. The zero-order valence-electron chi connectivity index (χ0n) is 21.0. The second-order valence-corrected chi connectivity index (χ2v) is 9.79. The van der Waals surface area contributed by atoms with Gasteiger partial charge in [-0.15, -0.1) is 0 Å². The highest BCUT2D eigenvalue weighted by Crippen LogP contribution is 2.33. The predicted octanol–water partition coefficient (Wildman–Crippen LogP) is 2.94. The van der Waals surface area contributed by atoms with Crippen molar-refractivity contribution in [3.05, 3.63) is 70.0 Å². The summed E-state index contributed by atoms with van der Waals surface area (Å²) in [6.07, 6.45) is 1.83. The van der Waals surface area contributed by atoms with Crippen molar-refractivity contribution in [3.8, 4) is 11.5 Å². The highest BCUT2D eigenvalue weighted by molar-refractivity contribution is 7.80. The van der Waals surface area contributed by atoms with Gasteiger partial charge in [0, 0.05) is 43.2 Å².